The highest BCUT2D eigenvalue weighted by Crippen LogP contribution is 2.34. The van der Waals surface area contributed by atoms with Crippen LogP contribution in [0.1, 0.15) is 16.7 Å². The van der Waals surface area contributed by atoms with E-state index >= 15 is 0 Å². The molecule has 7 heteroatoms. The number of hydrogen-bond acceptors (Lipinski definition) is 4. The lowest BCUT2D eigenvalue weighted by atomic mass is 10.1. The van der Waals surface area contributed by atoms with E-state index in [2.05, 4.69) is 31.2 Å². The summed E-state index contributed by atoms with van der Waals surface area (Å²) in [6, 6.07) is 11.9. The molecular weight excluding hydrogens is 358 g/mol. The number of nitro benzene ring substituents is 1. The third kappa shape index (κ3) is 4.79. The molecule has 2 N–H and O–H groups in total. The summed E-state index contributed by atoms with van der Waals surface area (Å²) in [5.74, 6) is 0.923. The summed E-state index contributed by atoms with van der Waals surface area (Å²) in [5.41, 5.74) is 3.43. The number of ether oxygens (including phenoxy) is 2. The van der Waals surface area contributed by atoms with Crippen LogP contribution in [0, 0.1) is 17.0 Å². The number of quaternary nitrogens is 2. The van der Waals surface area contributed by atoms with Crippen LogP contribution >= 0.6 is 0 Å². The van der Waals surface area contributed by atoms with Gasteiger partial charge in [-0.3, -0.25) is 10.1 Å². The molecule has 150 valence electrons. The van der Waals surface area contributed by atoms with Gasteiger partial charge in [-0.2, -0.15) is 0 Å². The van der Waals surface area contributed by atoms with Gasteiger partial charge in [-0.25, -0.2) is 0 Å². The zero-order valence-electron chi connectivity index (χ0n) is 16.8. The van der Waals surface area contributed by atoms with Crippen molar-refractivity contribution in [3.05, 3.63) is 63.2 Å². The highest BCUT2D eigenvalue weighted by Gasteiger charge is 2.27. The van der Waals surface area contributed by atoms with Gasteiger partial charge in [0.25, 0.3) is 5.69 Å². The largest absolute Gasteiger partial charge is 0.493 e. The molecule has 0 radical (unpaired) electrons. The second-order valence-corrected chi connectivity index (χ2v) is 7.43. The number of nitro groups is 1. The first-order valence-corrected chi connectivity index (χ1v) is 9.62. The van der Waals surface area contributed by atoms with Crippen molar-refractivity contribution in [3.63, 3.8) is 0 Å². The van der Waals surface area contributed by atoms with E-state index in [1.165, 1.54) is 29.2 Å². The first-order chi connectivity index (χ1) is 13.5. The minimum absolute atomic E-state index is 0.0968. The number of piperazine rings is 1. The molecule has 2 aromatic carbocycles. The zero-order valence-corrected chi connectivity index (χ0v) is 16.8. The molecular formula is C21H29N3O4+2. The second kappa shape index (κ2) is 9.03. The molecule has 7 nitrogen and oxygen atoms in total. The molecule has 1 aliphatic rings. The molecule has 0 amide bonds. The van der Waals surface area contributed by atoms with Crippen LogP contribution in [0.15, 0.2) is 36.4 Å². The lowest BCUT2D eigenvalue weighted by Crippen LogP contribution is -3.27. The second-order valence-electron chi connectivity index (χ2n) is 7.43. The minimum atomic E-state index is -0.338. The predicted octanol–water partition coefficient (Wildman–Crippen LogP) is 0.404. The minimum Gasteiger partial charge on any atom is -0.493 e. The molecule has 1 heterocycles. The fourth-order valence-corrected chi connectivity index (χ4v) is 3.80. The third-order valence-electron chi connectivity index (χ3n) is 5.46. The molecule has 1 fully saturated rings. The Morgan fingerprint density at radius 1 is 0.929 bits per heavy atom. The van der Waals surface area contributed by atoms with Crippen LogP contribution in [0.2, 0.25) is 0 Å². The molecule has 0 bridgehead atoms. The zero-order chi connectivity index (χ0) is 20.1. The van der Waals surface area contributed by atoms with Gasteiger partial charge in [-0.15, -0.1) is 0 Å². The van der Waals surface area contributed by atoms with Gasteiger partial charge in [0.05, 0.1) is 30.8 Å². The van der Waals surface area contributed by atoms with Crippen molar-refractivity contribution in [1.82, 2.24) is 0 Å². The topological polar surface area (TPSA) is 70.5 Å². The van der Waals surface area contributed by atoms with E-state index in [1.54, 1.807) is 18.1 Å². The molecule has 0 atom stereocenters. The van der Waals surface area contributed by atoms with Crippen LogP contribution in [-0.2, 0) is 13.1 Å². The maximum Gasteiger partial charge on any atom is 0.282 e. The Labute approximate surface area is 165 Å². The summed E-state index contributed by atoms with van der Waals surface area (Å²) in [4.78, 5) is 14.1. The Balaban J connectivity index is 1.64. The van der Waals surface area contributed by atoms with Crippen molar-refractivity contribution in [2.45, 2.75) is 20.0 Å². The van der Waals surface area contributed by atoms with Crippen molar-refractivity contribution in [2.75, 3.05) is 40.4 Å². The van der Waals surface area contributed by atoms with Crippen LogP contribution < -0.4 is 19.3 Å². The lowest BCUT2D eigenvalue weighted by molar-refractivity contribution is -1.02. The van der Waals surface area contributed by atoms with E-state index < -0.39 is 0 Å². The van der Waals surface area contributed by atoms with Gasteiger partial charge >= 0.3 is 0 Å². The summed E-state index contributed by atoms with van der Waals surface area (Å²) in [7, 11) is 3.04. The SMILES string of the molecule is COc1cc(C[NH+]2CC[NH+](Cc3ccc(C)cc3)CC2)c([N+](=O)[O-])cc1OC. The quantitative estimate of drug-likeness (QED) is 0.533. The normalized spacial score (nSPS) is 19.2. The fourth-order valence-electron chi connectivity index (χ4n) is 3.80. The van der Waals surface area contributed by atoms with Crippen molar-refractivity contribution in [1.29, 1.82) is 0 Å². The molecule has 1 aliphatic heterocycles. The summed E-state index contributed by atoms with van der Waals surface area (Å²) >= 11 is 0. The maximum absolute atomic E-state index is 11.5. The van der Waals surface area contributed by atoms with E-state index in [4.69, 9.17) is 9.47 Å². The van der Waals surface area contributed by atoms with Gasteiger partial charge in [0.1, 0.15) is 39.3 Å². The summed E-state index contributed by atoms with van der Waals surface area (Å²) in [5, 5.41) is 11.5. The molecule has 28 heavy (non-hydrogen) atoms. The van der Waals surface area contributed by atoms with Crippen molar-refractivity contribution in [2.24, 2.45) is 0 Å². The standard InChI is InChI=1S/C21H27N3O4/c1-16-4-6-17(7-5-16)14-22-8-10-23(11-9-22)15-18-12-20(27-2)21(28-3)13-19(18)24(25)26/h4-7,12-13H,8-11,14-15H2,1-3H3/p+2. The van der Waals surface area contributed by atoms with Gasteiger partial charge in [0, 0.05) is 5.56 Å². The fraction of sp³-hybridized carbons (Fsp3) is 0.429. The van der Waals surface area contributed by atoms with Gasteiger partial charge in [-0.05, 0) is 13.0 Å². The number of hydrogen-bond donors (Lipinski definition) is 2. The first-order valence-electron chi connectivity index (χ1n) is 9.62. The molecule has 1 saturated heterocycles. The number of nitrogens with zero attached hydrogens (tertiary/aromatic N) is 1. The number of benzene rings is 2. The molecule has 2 aromatic rings. The number of aryl methyl sites for hydroxylation is 1. The van der Waals surface area contributed by atoms with E-state index in [0.717, 1.165) is 32.7 Å². The van der Waals surface area contributed by atoms with Crippen molar-refractivity contribution in [3.8, 4) is 11.5 Å². The van der Waals surface area contributed by atoms with Gasteiger partial charge in [-0.1, -0.05) is 29.8 Å². The van der Waals surface area contributed by atoms with Gasteiger partial charge < -0.3 is 19.3 Å². The number of methoxy groups -OCH3 is 2. The van der Waals surface area contributed by atoms with Gasteiger partial charge in [0.15, 0.2) is 11.5 Å². The highest BCUT2D eigenvalue weighted by atomic mass is 16.6. The van der Waals surface area contributed by atoms with Crippen LogP contribution in [0.5, 0.6) is 11.5 Å². The Kier molecular flexibility index (Phi) is 6.49. The molecule has 3 rings (SSSR count). The van der Waals surface area contributed by atoms with Crippen molar-refractivity contribution >= 4 is 5.69 Å². The Hall–Kier alpha value is -2.64. The monoisotopic (exact) mass is 387 g/mol. The van der Waals surface area contributed by atoms with Crippen LogP contribution in [0.25, 0.3) is 0 Å². The summed E-state index contributed by atoms with van der Waals surface area (Å²) in [6.07, 6.45) is 0. The summed E-state index contributed by atoms with van der Waals surface area (Å²) in [6.45, 7) is 7.86. The summed E-state index contributed by atoms with van der Waals surface area (Å²) < 4.78 is 10.5. The number of rotatable bonds is 7. The number of nitrogens with one attached hydrogen (secondary N) is 2. The van der Waals surface area contributed by atoms with E-state index in [9.17, 15) is 10.1 Å². The Bertz CT molecular complexity index is 815. The average Bonchev–Trinajstić information content (AvgIpc) is 2.70. The Morgan fingerprint density at radius 3 is 2.00 bits per heavy atom. The van der Waals surface area contributed by atoms with E-state index in [-0.39, 0.29) is 10.6 Å². The lowest BCUT2D eigenvalue weighted by Gasteiger charge is -2.29. The highest BCUT2D eigenvalue weighted by molar-refractivity contribution is 5.54. The molecule has 0 aliphatic carbocycles. The van der Waals surface area contributed by atoms with Crippen LogP contribution in [0.3, 0.4) is 0 Å². The molecule has 0 saturated carbocycles. The maximum atomic E-state index is 11.5. The van der Waals surface area contributed by atoms with Crippen LogP contribution in [-0.4, -0.2) is 45.3 Å². The average molecular weight is 387 g/mol. The smallest absolute Gasteiger partial charge is 0.282 e. The third-order valence-corrected chi connectivity index (χ3v) is 5.46. The predicted molar refractivity (Wildman–Crippen MR) is 106 cm³/mol. The Morgan fingerprint density at radius 2 is 1.46 bits per heavy atom. The molecule has 0 aromatic heterocycles. The molecule has 0 unspecified atom stereocenters. The molecule has 0 spiro atoms. The van der Waals surface area contributed by atoms with Gasteiger partial charge in [0.2, 0.25) is 0 Å². The first kappa shape index (κ1) is 20.1. The van der Waals surface area contributed by atoms with Crippen molar-refractivity contribution < 1.29 is 24.2 Å². The van der Waals surface area contributed by atoms with Crippen LogP contribution in [0.4, 0.5) is 5.69 Å². The van der Waals surface area contributed by atoms with E-state index in [0.29, 0.717) is 23.6 Å². The van der Waals surface area contributed by atoms with E-state index in [1.807, 2.05) is 0 Å².